The minimum absolute atomic E-state index is 0.0514. The Balaban J connectivity index is 1.55. The summed E-state index contributed by atoms with van der Waals surface area (Å²) in [5.74, 6) is 1.42. The first-order valence-electron chi connectivity index (χ1n) is 10.8. The van der Waals surface area contributed by atoms with Crippen LogP contribution < -0.4 is 15.5 Å². The first-order valence-corrected chi connectivity index (χ1v) is 12.2. The highest BCUT2D eigenvalue weighted by Gasteiger charge is 2.21. The third-order valence-corrected chi connectivity index (χ3v) is 7.10. The molecule has 180 valence electrons. The van der Waals surface area contributed by atoms with Crippen LogP contribution in [0.15, 0.2) is 75.1 Å². The molecule has 0 atom stereocenters. The number of furan rings is 1. The molecule has 0 spiro atoms. The van der Waals surface area contributed by atoms with Crippen LogP contribution in [0.4, 0.5) is 5.69 Å². The summed E-state index contributed by atoms with van der Waals surface area (Å²) in [7, 11) is -1.92. The van der Waals surface area contributed by atoms with Gasteiger partial charge in [-0.3, -0.25) is 4.79 Å². The van der Waals surface area contributed by atoms with E-state index in [0.717, 1.165) is 17.0 Å². The molecule has 0 bridgehead atoms. The molecule has 2 N–H and O–H groups in total. The van der Waals surface area contributed by atoms with Crippen molar-refractivity contribution in [1.82, 2.24) is 9.73 Å². The van der Waals surface area contributed by atoms with Crippen LogP contribution in [0.5, 0.6) is 5.75 Å². The lowest BCUT2D eigenvalue weighted by molar-refractivity contribution is -0.119. The van der Waals surface area contributed by atoms with Crippen LogP contribution in [-0.2, 0) is 14.8 Å². The lowest BCUT2D eigenvalue weighted by atomic mass is 10.2. The Labute approximate surface area is 199 Å². The van der Waals surface area contributed by atoms with Gasteiger partial charge in [0.1, 0.15) is 17.3 Å². The molecule has 0 aliphatic heterocycles. The number of hydrogen-bond acceptors (Lipinski definition) is 7. The molecule has 3 aromatic rings. The van der Waals surface area contributed by atoms with Crippen LogP contribution in [0.3, 0.4) is 0 Å². The maximum Gasteiger partial charge on any atom is 0.259 e. The fourth-order valence-corrected chi connectivity index (χ4v) is 4.64. The number of nitrogens with one attached hydrogen (secondary N) is 2. The Morgan fingerprint density at radius 1 is 1.03 bits per heavy atom. The van der Waals surface area contributed by atoms with Gasteiger partial charge in [-0.1, -0.05) is 13.8 Å². The summed E-state index contributed by atoms with van der Waals surface area (Å²) < 4.78 is 37.5. The molecule has 0 saturated heterocycles. The van der Waals surface area contributed by atoms with Gasteiger partial charge in [0.05, 0.1) is 24.8 Å². The minimum Gasteiger partial charge on any atom is -0.497 e. The van der Waals surface area contributed by atoms with Gasteiger partial charge >= 0.3 is 0 Å². The third kappa shape index (κ3) is 6.24. The highest BCUT2D eigenvalue weighted by atomic mass is 32.2. The zero-order chi connectivity index (χ0) is 24.6. The van der Waals surface area contributed by atoms with E-state index in [4.69, 9.17) is 9.15 Å². The van der Waals surface area contributed by atoms with Gasteiger partial charge in [-0.25, -0.2) is 13.8 Å². The van der Waals surface area contributed by atoms with Gasteiger partial charge in [0.2, 0.25) is 10.0 Å². The maximum atomic E-state index is 12.6. The van der Waals surface area contributed by atoms with Crippen molar-refractivity contribution in [3.05, 3.63) is 66.4 Å². The van der Waals surface area contributed by atoms with Crippen LogP contribution in [0.1, 0.15) is 19.6 Å². The number of hydrogen-bond donors (Lipinski definition) is 2. The summed E-state index contributed by atoms with van der Waals surface area (Å²) in [6, 6.07) is 17.2. The Morgan fingerprint density at radius 3 is 2.32 bits per heavy atom. The molecule has 0 radical (unpaired) electrons. The van der Waals surface area contributed by atoms with Crippen molar-refractivity contribution in [2.24, 2.45) is 5.10 Å². The van der Waals surface area contributed by atoms with Crippen LogP contribution in [0.2, 0.25) is 0 Å². The number of anilines is 1. The van der Waals surface area contributed by atoms with E-state index in [1.165, 1.54) is 10.5 Å². The molecule has 0 unspecified atom stereocenters. The van der Waals surface area contributed by atoms with E-state index >= 15 is 0 Å². The summed E-state index contributed by atoms with van der Waals surface area (Å²) in [5.41, 5.74) is 3.94. The first kappa shape index (κ1) is 25.0. The van der Waals surface area contributed by atoms with Gasteiger partial charge in [0.25, 0.3) is 5.91 Å². The molecule has 1 amide bonds. The number of benzene rings is 2. The average Bonchev–Trinajstić information content (AvgIpc) is 3.32. The van der Waals surface area contributed by atoms with Crippen molar-refractivity contribution >= 4 is 27.8 Å². The van der Waals surface area contributed by atoms with Crippen molar-refractivity contribution in [3.63, 3.8) is 0 Å². The molecular formula is C24H28N4O5S. The smallest absolute Gasteiger partial charge is 0.259 e. The van der Waals surface area contributed by atoms with Gasteiger partial charge in [0.15, 0.2) is 0 Å². The molecular weight excluding hydrogens is 456 g/mol. The van der Waals surface area contributed by atoms with Crippen LogP contribution >= 0.6 is 0 Å². The van der Waals surface area contributed by atoms with Gasteiger partial charge in [-0.05, 0) is 60.7 Å². The topological polar surface area (TPSA) is 113 Å². The molecule has 0 fully saturated rings. The van der Waals surface area contributed by atoms with Crippen molar-refractivity contribution in [1.29, 1.82) is 0 Å². The zero-order valence-corrected chi connectivity index (χ0v) is 20.1. The number of sulfonamides is 1. The Hall–Kier alpha value is -3.63. The van der Waals surface area contributed by atoms with E-state index in [-0.39, 0.29) is 17.3 Å². The second-order valence-corrected chi connectivity index (χ2v) is 9.13. The normalized spacial score (nSPS) is 11.6. The SMILES string of the molecule is CCN(CC)S(=O)(=O)c1ccc(-c2ccc(C=NNC(=O)CNc3ccc(OC)cc3)o2)cc1. The van der Waals surface area contributed by atoms with Crippen molar-refractivity contribution in [3.8, 4) is 17.1 Å². The molecule has 34 heavy (non-hydrogen) atoms. The number of carbonyl (C=O) groups excluding carboxylic acids is 1. The van der Waals surface area contributed by atoms with Gasteiger partial charge < -0.3 is 14.5 Å². The average molecular weight is 485 g/mol. The molecule has 0 saturated carbocycles. The number of hydrazone groups is 1. The number of methoxy groups -OCH3 is 1. The number of amides is 1. The second kappa shape index (κ2) is 11.5. The molecule has 2 aromatic carbocycles. The number of ether oxygens (including phenoxy) is 1. The number of rotatable bonds is 11. The highest BCUT2D eigenvalue weighted by Crippen LogP contribution is 2.24. The van der Waals surface area contributed by atoms with E-state index in [0.29, 0.717) is 24.6 Å². The van der Waals surface area contributed by atoms with Gasteiger partial charge in [-0.15, -0.1) is 0 Å². The third-order valence-electron chi connectivity index (χ3n) is 5.03. The largest absolute Gasteiger partial charge is 0.497 e. The number of carbonyl (C=O) groups is 1. The van der Waals surface area contributed by atoms with Crippen molar-refractivity contribution < 1.29 is 22.4 Å². The summed E-state index contributed by atoms with van der Waals surface area (Å²) >= 11 is 0. The van der Waals surface area contributed by atoms with E-state index in [2.05, 4.69) is 15.8 Å². The van der Waals surface area contributed by atoms with E-state index in [1.807, 2.05) is 12.1 Å². The molecule has 1 aromatic heterocycles. The number of nitrogens with zero attached hydrogens (tertiary/aromatic N) is 2. The van der Waals surface area contributed by atoms with E-state index < -0.39 is 10.0 Å². The molecule has 0 aliphatic rings. The Morgan fingerprint density at radius 2 is 1.71 bits per heavy atom. The summed E-state index contributed by atoms with van der Waals surface area (Å²) in [5, 5.41) is 6.90. The fourth-order valence-electron chi connectivity index (χ4n) is 3.18. The summed E-state index contributed by atoms with van der Waals surface area (Å²) in [4.78, 5) is 12.2. The first-order chi connectivity index (χ1) is 16.4. The van der Waals surface area contributed by atoms with Gasteiger partial charge in [0, 0.05) is 24.3 Å². The standard InChI is InChI=1S/C24H28N4O5S/c1-4-28(5-2)34(30,31)22-13-6-18(7-14-22)23-15-12-21(33-23)16-26-27-24(29)17-25-19-8-10-20(32-3)11-9-19/h6-16,25H,4-5,17H2,1-3H3,(H,27,29). The molecule has 3 rings (SSSR count). The maximum absolute atomic E-state index is 12.6. The zero-order valence-electron chi connectivity index (χ0n) is 19.3. The monoisotopic (exact) mass is 484 g/mol. The quantitative estimate of drug-likeness (QED) is 0.318. The fraction of sp³-hybridized carbons (Fsp3) is 0.250. The van der Waals surface area contributed by atoms with Crippen molar-refractivity contribution in [2.75, 3.05) is 32.1 Å². The minimum atomic E-state index is -3.51. The summed E-state index contributed by atoms with van der Waals surface area (Å²) in [6.07, 6.45) is 1.40. The molecule has 0 aliphatic carbocycles. The van der Waals surface area contributed by atoms with Gasteiger partial charge in [-0.2, -0.15) is 9.41 Å². The Bertz CT molecular complexity index is 1220. The Kier molecular flexibility index (Phi) is 8.44. The van der Waals surface area contributed by atoms with Crippen LogP contribution in [0.25, 0.3) is 11.3 Å². The summed E-state index contributed by atoms with van der Waals surface area (Å²) in [6.45, 7) is 4.49. The molecule has 10 heteroatoms. The predicted molar refractivity (Wildman–Crippen MR) is 131 cm³/mol. The molecule has 9 nitrogen and oxygen atoms in total. The van der Waals surface area contributed by atoms with E-state index in [1.54, 1.807) is 69.5 Å². The molecule has 1 heterocycles. The van der Waals surface area contributed by atoms with Crippen molar-refractivity contribution in [2.45, 2.75) is 18.7 Å². The lowest BCUT2D eigenvalue weighted by Crippen LogP contribution is -2.30. The van der Waals surface area contributed by atoms with Crippen LogP contribution in [0, 0.1) is 0 Å². The lowest BCUT2D eigenvalue weighted by Gasteiger charge is -2.18. The van der Waals surface area contributed by atoms with E-state index in [9.17, 15) is 13.2 Å². The second-order valence-electron chi connectivity index (χ2n) is 7.19. The highest BCUT2D eigenvalue weighted by molar-refractivity contribution is 7.89. The predicted octanol–water partition coefficient (Wildman–Crippen LogP) is 3.55. The van der Waals surface area contributed by atoms with Crippen LogP contribution in [-0.4, -0.2) is 51.6 Å².